The Morgan fingerprint density at radius 2 is 2.21 bits per heavy atom. The van der Waals surface area contributed by atoms with E-state index in [4.69, 9.17) is 5.73 Å². The van der Waals surface area contributed by atoms with E-state index in [0.717, 1.165) is 11.3 Å². The van der Waals surface area contributed by atoms with Gasteiger partial charge in [0.15, 0.2) is 0 Å². The average Bonchev–Trinajstić information content (AvgIpc) is 2.46. The first-order chi connectivity index (χ1) is 6.38. The second-order valence-corrected chi connectivity index (χ2v) is 3.45. The number of carbonyl (C=O) groups is 1. The number of nitrogens with one attached hydrogen (secondary N) is 1. The van der Waals surface area contributed by atoms with Crippen LogP contribution in [0.4, 0.5) is 18.9 Å². The van der Waals surface area contributed by atoms with Crippen molar-refractivity contribution < 1.29 is 18.0 Å². The summed E-state index contributed by atoms with van der Waals surface area (Å²) in [5, 5.41) is 3.23. The Kier molecular flexibility index (Phi) is 3.00. The summed E-state index contributed by atoms with van der Waals surface area (Å²) in [5.41, 5.74) is 5.67. The fraction of sp³-hybridized carbons (Fsp3) is 0.286. The maximum atomic E-state index is 11.7. The predicted octanol–water partition coefficient (Wildman–Crippen LogP) is 1.62. The van der Waals surface area contributed by atoms with Crippen molar-refractivity contribution in [2.45, 2.75) is 6.18 Å². The smallest absolute Gasteiger partial charge is 0.398 e. The van der Waals surface area contributed by atoms with Gasteiger partial charge in [0.05, 0.1) is 4.88 Å². The summed E-state index contributed by atoms with van der Waals surface area (Å²) in [4.78, 5) is 11.2. The van der Waals surface area contributed by atoms with Gasteiger partial charge in [-0.25, -0.2) is 0 Å². The summed E-state index contributed by atoms with van der Waals surface area (Å²) in [6.45, 7) is -1.33. The quantitative estimate of drug-likeness (QED) is 0.802. The lowest BCUT2D eigenvalue weighted by Gasteiger charge is -2.06. The second-order valence-electron chi connectivity index (χ2n) is 2.54. The van der Waals surface area contributed by atoms with Gasteiger partial charge in [-0.1, -0.05) is 0 Å². The zero-order valence-corrected chi connectivity index (χ0v) is 7.71. The number of nitrogens with two attached hydrogens (primary N) is 1. The number of anilines is 1. The maximum absolute atomic E-state index is 11.7. The van der Waals surface area contributed by atoms with Crippen molar-refractivity contribution >= 4 is 22.9 Å². The molecule has 3 N–H and O–H groups in total. The number of nitrogen functional groups attached to an aromatic ring is 1. The summed E-state index contributed by atoms with van der Waals surface area (Å²) < 4.78 is 35.1. The molecule has 1 rings (SSSR count). The van der Waals surface area contributed by atoms with Crippen molar-refractivity contribution in [1.29, 1.82) is 0 Å². The van der Waals surface area contributed by atoms with Crippen LogP contribution >= 0.6 is 11.3 Å². The number of carbonyl (C=O) groups excluding carboxylic acids is 1. The molecule has 0 bridgehead atoms. The summed E-state index contributed by atoms with van der Waals surface area (Å²) in [6, 6.07) is 1.33. The zero-order chi connectivity index (χ0) is 10.8. The van der Waals surface area contributed by atoms with E-state index in [2.05, 4.69) is 0 Å². The maximum Gasteiger partial charge on any atom is 0.405 e. The van der Waals surface area contributed by atoms with Gasteiger partial charge in [-0.15, -0.1) is 11.3 Å². The van der Waals surface area contributed by atoms with Crippen LogP contribution in [0, 0.1) is 0 Å². The molecule has 7 heteroatoms. The standard InChI is InChI=1S/C7H7F3N2OS/c8-7(9,10)3-12-6(13)5-1-4(11)2-14-5/h1-2H,3,11H2,(H,12,13). The van der Waals surface area contributed by atoms with Gasteiger partial charge in [-0.3, -0.25) is 4.79 Å². The first kappa shape index (κ1) is 10.8. The van der Waals surface area contributed by atoms with E-state index < -0.39 is 18.6 Å². The molecule has 0 saturated carbocycles. The molecular formula is C7H7F3N2OS. The summed E-state index contributed by atoms with van der Waals surface area (Å²) in [5.74, 6) is -0.760. The molecule has 1 aromatic rings. The molecule has 0 unspecified atom stereocenters. The molecule has 0 saturated heterocycles. The van der Waals surface area contributed by atoms with E-state index in [1.165, 1.54) is 11.4 Å². The number of thiophene rings is 1. The molecule has 0 aliphatic heterocycles. The van der Waals surface area contributed by atoms with Gasteiger partial charge in [0.1, 0.15) is 6.54 Å². The summed E-state index contributed by atoms with van der Waals surface area (Å²) in [7, 11) is 0. The minimum Gasteiger partial charge on any atom is -0.398 e. The fourth-order valence-electron chi connectivity index (χ4n) is 0.738. The minimum atomic E-state index is -4.39. The van der Waals surface area contributed by atoms with Crippen molar-refractivity contribution in [2.75, 3.05) is 12.3 Å². The number of amides is 1. The van der Waals surface area contributed by atoms with E-state index in [1.807, 2.05) is 0 Å². The van der Waals surface area contributed by atoms with Crippen molar-refractivity contribution in [3.8, 4) is 0 Å². The van der Waals surface area contributed by atoms with Crippen molar-refractivity contribution in [1.82, 2.24) is 5.32 Å². The van der Waals surface area contributed by atoms with Crippen LogP contribution in [0.25, 0.3) is 0 Å². The summed E-state index contributed by atoms with van der Waals surface area (Å²) in [6.07, 6.45) is -4.39. The highest BCUT2D eigenvalue weighted by Gasteiger charge is 2.28. The lowest BCUT2D eigenvalue weighted by molar-refractivity contribution is -0.123. The number of halogens is 3. The highest BCUT2D eigenvalue weighted by molar-refractivity contribution is 7.12. The molecule has 0 atom stereocenters. The van der Waals surface area contributed by atoms with E-state index in [9.17, 15) is 18.0 Å². The molecule has 0 fully saturated rings. The lowest BCUT2D eigenvalue weighted by atomic mass is 10.4. The molecule has 3 nitrogen and oxygen atoms in total. The largest absolute Gasteiger partial charge is 0.405 e. The van der Waals surface area contributed by atoms with E-state index in [-0.39, 0.29) is 4.88 Å². The molecule has 0 spiro atoms. The van der Waals surface area contributed by atoms with Crippen molar-refractivity contribution in [3.05, 3.63) is 16.3 Å². The SMILES string of the molecule is Nc1csc(C(=O)NCC(F)(F)F)c1. The van der Waals surface area contributed by atoms with Gasteiger partial charge < -0.3 is 11.1 Å². The van der Waals surface area contributed by atoms with Crippen molar-refractivity contribution in [3.63, 3.8) is 0 Å². The minimum absolute atomic E-state index is 0.173. The van der Waals surface area contributed by atoms with E-state index in [0.29, 0.717) is 5.69 Å². The predicted molar refractivity (Wildman–Crippen MR) is 47.1 cm³/mol. The Hall–Kier alpha value is -1.24. The Morgan fingerprint density at radius 3 is 2.64 bits per heavy atom. The van der Waals surface area contributed by atoms with Crippen LogP contribution in [-0.2, 0) is 0 Å². The molecule has 0 radical (unpaired) electrons. The highest BCUT2D eigenvalue weighted by atomic mass is 32.1. The van der Waals surface area contributed by atoms with Gasteiger partial charge in [-0.2, -0.15) is 13.2 Å². The Bertz CT molecular complexity index is 334. The molecule has 78 valence electrons. The van der Waals surface area contributed by atoms with Crippen LogP contribution in [0.5, 0.6) is 0 Å². The fourth-order valence-corrected chi connectivity index (χ4v) is 1.45. The molecule has 0 aliphatic carbocycles. The van der Waals surface area contributed by atoms with Crippen LogP contribution in [0.2, 0.25) is 0 Å². The van der Waals surface area contributed by atoms with Crippen LogP contribution in [0.3, 0.4) is 0 Å². The third-order valence-corrected chi connectivity index (χ3v) is 2.24. The lowest BCUT2D eigenvalue weighted by Crippen LogP contribution is -2.33. The number of hydrogen-bond acceptors (Lipinski definition) is 3. The Balaban J connectivity index is 2.52. The average molecular weight is 224 g/mol. The monoisotopic (exact) mass is 224 g/mol. The van der Waals surface area contributed by atoms with Crippen LogP contribution in [0.15, 0.2) is 11.4 Å². The van der Waals surface area contributed by atoms with Crippen molar-refractivity contribution in [2.24, 2.45) is 0 Å². The first-order valence-corrected chi connectivity index (χ1v) is 4.45. The van der Waals surface area contributed by atoms with Crippen LogP contribution < -0.4 is 11.1 Å². The molecule has 1 aromatic heterocycles. The van der Waals surface area contributed by atoms with E-state index >= 15 is 0 Å². The normalized spacial score (nSPS) is 11.4. The Labute approximate surface area is 81.7 Å². The van der Waals surface area contributed by atoms with Gasteiger partial charge in [0.2, 0.25) is 0 Å². The molecule has 0 aromatic carbocycles. The van der Waals surface area contributed by atoms with Gasteiger partial charge in [-0.05, 0) is 6.07 Å². The molecule has 0 aliphatic rings. The highest BCUT2D eigenvalue weighted by Crippen LogP contribution is 2.17. The van der Waals surface area contributed by atoms with Gasteiger partial charge >= 0.3 is 6.18 Å². The van der Waals surface area contributed by atoms with Crippen LogP contribution in [0.1, 0.15) is 9.67 Å². The second kappa shape index (κ2) is 3.87. The molecular weight excluding hydrogens is 217 g/mol. The number of hydrogen-bond donors (Lipinski definition) is 2. The third kappa shape index (κ3) is 3.25. The third-order valence-electron chi connectivity index (χ3n) is 1.29. The molecule has 14 heavy (non-hydrogen) atoms. The Morgan fingerprint density at radius 1 is 1.57 bits per heavy atom. The zero-order valence-electron chi connectivity index (χ0n) is 6.89. The van der Waals surface area contributed by atoms with Crippen LogP contribution in [-0.4, -0.2) is 18.6 Å². The molecule has 1 amide bonds. The first-order valence-electron chi connectivity index (χ1n) is 3.57. The van der Waals surface area contributed by atoms with Gasteiger partial charge in [0, 0.05) is 11.1 Å². The van der Waals surface area contributed by atoms with E-state index in [1.54, 1.807) is 5.32 Å². The number of rotatable bonds is 2. The molecule has 1 heterocycles. The van der Waals surface area contributed by atoms with Gasteiger partial charge in [0.25, 0.3) is 5.91 Å². The summed E-state index contributed by atoms with van der Waals surface area (Å²) >= 11 is 1.00. The topological polar surface area (TPSA) is 55.1 Å². The number of alkyl halides is 3.